The van der Waals surface area contributed by atoms with E-state index in [0.717, 1.165) is 9.90 Å². The fraction of sp³-hybridized carbons (Fsp3) is 0.238. The summed E-state index contributed by atoms with van der Waals surface area (Å²) in [5.74, 6) is 0.976. The molecule has 10 heteroatoms. The summed E-state index contributed by atoms with van der Waals surface area (Å²) in [4.78, 5) is 25.4. The Morgan fingerprint density at radius 3 is 2.74 bits per heavy atom. The van der Waals surface area contributed by atoms with Crippen LogP contribution in [0.5, 0.6) is 5.75 Å². The second-order valence-corrected chi connectivity index (χ2v) is 9.01. The van der Waals surface area contributed by atoms with E-state index < -0.39 is 0 Å². The van der Waals surface area contributed by atoms with Gasteiger partial charge in [-0.1, -0.05) is 29.0 Å². The van der Waals surface area contributed by atoms with Crippen LogP contribution in [0, 0.1) is 0 Å². The van der Waals surface area contributed by atoms with E-state index in [-0.39, 0.29) is 11.8 Å². The van der Waals surface area contributed by atoms with Crippen molar-refractivity contribution in [3.8, 4) is 5.75 Å². The van der Waals surface area contributed by atoms with Crippen LogP contribution in [-0.4, -0.2) is 41.4 Å². The first-order valence-electron chi connectivity index (χ1n) is 9.46. The molecule has 2 aromatic carbocycles. The van der Waals surface area contributed by atoms with E-state index in [0.29, 0.717) is 46.6 Å². The van der Waals surface area contributed by atoms with Gasteiger partial charge in [0.2, 0.25) is 11.0 Å². The Morgan fingerprint density at radius 2 is 1.97 bits per heavy atom. The number of hydrogen-bond acceptors (Lipinski definition) is 7. The quantitative estimate of drug-likeness (QED) is 0.424. The van der Waals surface area contributed by atoms with Gasteiger partial charge in [-0.2, -0.15) is 0 Å². The first-order chi connectivity index (χ1) is 15.0. The molecule has 0 aliphatic heterocycles. The van der Waals surface area contributed by atoms with Crippen LogP contribution in [0.15, 0.2) is 53.4 Å². The Balaban J connectivity index is 1.37. The molecule has 2 N–H and O–H groups in total. The van der Waals surface area contributed by atoms with Crippen LogP contribution in [0.4, 0.5) is 5.13 Å². The Bertz CT molecular complexity index is 1030. The van der Waals surface area contributed by atoms with Crippen LogP contribution in [0.25, 0.3) is 0 Å². The van der Waals surface area contributed by atoms with Crippen LogP contribution in [0.3, 0.4) is 0 Å². The van der Waals surface area contributed by atoms with Gasteiger partial charge in [0.25, 0.3) is 5.91 Å². The van der Waals surface area contributed by atoms with E-state index in [1.807, 2.05) is 24.3 Å². The molecule has 2 amide bonds. The van der Waals surface area contributed by atoms with Gasteiger partial charge in [-0.15, -0.1) is 22.0 Å². The molecular weight excluding hydrogens is 456 g/mol. The zero-order valence-electron chi connectivity index (χ0n) is 16.8. The maximum atomic E-state index is 12.2. The van der Waals surface area contributed by atoms with Crippen molar-refractivity contribution >= 4 is 51.6 Å². The zero-order valence-corrected chi connectivity index (χ0v) is 19.1. The standard InChI is InChI=1S/C21H21ClN4O3S2/c1-29-16-4-2-3-14(13-16)20(28)23-11-9-19-25-26-21(31-19)24-18(27)10-12-30-17-7-5-15(22)6-8-17/h2-8,13H,9-12H2,1H3,(H,23,28)(H,24,26,27). The van der Waals surface area contributed by atoms with E-state index in [9.17, 15) is 9.59 Å². The molecule has 0 radical (unpaired) electrons. The first-order valence-corrected chi connectivity index (χ1v) is 11.6. The lowest BCUT2D eigenvalue weighted by Gasteiger charge is -2.05. The molecule has 7 nitrogen and oxygen atoms in total. The van der Waals surface area contributed by atoms with Gasteiger partial charge in [0, 0.05) is 40.6 Å². The summed E-state index contributed by atoms with van der Waals surface area (Å²) >= 11 is 8.75. The van der Waals surface area contributed by atoms with Gasteiger partial charge >= 0.3 is 0 Å². The maximum Gasteiger partial charge on any atom is 0.251 e. The third kappa shape index (κ3) is 7.54. The highest BCUT2D eigenvalue weighted by Gasteiger charge is 2.10. The molecule has 0 saturated carbocycles. The number of nitrogens with zero attached hydrogens (tertiary/aromatic N) is 2. The highest BCUT2D eigenvalue weighted by atomic mass is 35.5. The highest BCUT2D eigenvalue weighted by molar-refractivity contribution is 7.99. The first kappa shape index (κ1) is 23.1. The molecule has 1 aromatic heterocycles. The normalized spacial score (nSPS) is 10.5. The molecule has 0 spiro atoms. The van der Waals surface area contributed by atoms with E-state index in [2.05, 4.69) is 20.8 Å². The number of carbonyl (C=O) groups is 2. The predicted molar refractivity (Wildman–Crippen MR) is 124 cm³/mol. The molecule has 0 saturated heterocycles. The summed E-state index contributed by atoms with van der Waals surface area (Å²) in [6, 6.07) is 14.5. The van der Waals surface area contributed by atoms with E-state index in [1.54, 1.807) is 43.1 Å². The average molecular weight is 477 g/mol. The summed E-state index contributed by atoms with van der Waals surface area (Å²) in [5.41, 5.74) is 0.529. The zero-order chi connectivity index (χ0) is 22.1. The van der Waals surface area contributed by atoms with Crippen LogP contribution in [0.2, 0.25) is 5.02 Å². The Morgan fingerprint density at radius 1 is 1.16 bits per heavy atom. The van der Waals surface area contributed by atoms with E-state index in [1.165, 1.54) is 11.3 Å². The topological polar surface area (TPSA) is 93.2 Å². The molecule has 0 aliphatic rings. The van der Waals surface area contributed by atoms with E-state index >= 15 is 0 Å². The van der Waals surface area contributed by atoms with Crippen molar-refractivity contribution in [3.05, 3.63) is 64.1 Å². The molecule has 0 unspecified atom stereocenters. The molecule has 0 bridgehead atoms. The van der Waals surface area contributed by atoms with Gasteiger partial charge in [-0.05, 0) is 42.5 Å². The number of methoxy groups -OCH3 is 1. The molecular formula is C21H21ClN4O3S2. The summed E-state index contributed by atoms with van der Waals surface area (Å²) in [6.45, 7) is 0.413. The largest absolute Gasteiger partial charge is 0.497 e. The number of aromatic nitrogens is 2. The number of carbonyl (C=O) groups excluding carboxylic acids is 2. The van der Waals surface area contributed by atoms with Gasteiger partial charge in [0.1, 0.15) is 10.8 Å². The minimum Gasteiger partial charge on any atom is -0.497 e. The lowest BCUT2D eigenvalue weighted by atomic mass is 10.2. The number of ether oxygens (including phenoxy) is 1. The fourth-order valence-electron chi connectivity index (χ4n) is 2.53. The van der Waals surface area contributed by atoms with E-state index in [4.69, 9.17) is 16.3 Å². The van der Waals surface area contributed by atoms with Crippen LogP contribution >= 0.6 is 34.7 Å². The average Bonchev–Trinajstić information content (AvgIpc) is 3.22. The minimum atomic E-state index is -0.185. The summed E-state index contributed by atoms with van der Waals surface area (Å²) < 4.78 is 5.13. The maximum absolute atomic E-state index is 12.2. The van der Waals surface area contributed by atoms with Crippen molar-refractivity contribution in [3.63, 3.8) is 0 Å². The van der Waals surface area contributed by atoms with Crippen molar-refractivity contribution in [1.82, 2.24) is 15.5 Å². The number of halogens is 1. The number of rotatable bonds is 10. The Labute approximate surface area is 193 Å². The Kier molecular flexibility index (Phi) is 8.69. The number of hydrogen-bond donors (Lipinski definition) is 2. The number of amides is 2. The summed E-state index contributed by atoms with van der Waals surface area (Å²) in [7, 11) is 1.56. The number of benzene rings is 2. The van der Waals surface area contributed by atoms with Gasteiger partial charge in [0.05, 0.1) is 7.11 Å². The third-order valence-corrected chi connectivity index (χ3v) is 6.25. The molecule has 3 rings (SSSR count). The highest BCUT2D eigenvalue weighted by Crippen LogP contribution is 2.21. The number of anilines is 1. The van der Waals surface area contributed by atoms with Crippen LogP contribution in [-0.2, 0) is 11.2 Å². The van der Waals surface area contributed by atoms with Crippen LogP contribution < -0.4 is 15.4 Å². The van der Waals surface area contributed by atoms with Crippen molar-refractivity contribution in [2.75, 3.05) is 24.7 Å². The summed E-state index contributed by atoms with van der Waals surface area (Å²) in [5, 5.41) is 15.5. The third-order valence-electron chi connectivity index (χ3n) is 4.08. The number of nitrogens with one attached hydrogen (secondary N) is 2. The van der Waals surface area contributed by atoms with Crippen molar-refractivity contribution in [1.29, 1.82) is 0 Å². The molecule has 162 valence electrons. The lowest BCUT2D eigenvalue weighted by Crippen LogP contribution is -2.25. The second kappa shape index (κ2) is 11.7. The molecule has 31 heavy (non-hydrogen) atoms. The van der Waals surface area contributed by atoms with Crippen molar-refractivity contribution in [2.45, 2.75) is 17.7 Å². The van der Waals surface area contributed by atoms with Crippen LogP contribution in [0.1, 0.15) is 21.8 Å². The molecule has 0 fully saturated rings. The summed E-state index contributed by atoms with van der Waals surface area (Å²) in [6.07, 6.45) is 0.883. The number of thioether (sulfide) groups is 1. The molecule has 0 aliphatic carbocycles. The van der Waals surface area contributed by atoms with Crippen molar-refractivity contribution < 1.29 is 14.3 Å². The van der Waals surface area contributed by atoms with Gasteiger partial charge < -0.3 is 15.4 Å². The smallest absolute Gasteiger partial charge is 0.251 e. The Hall–Kier alpha value is -2.62. The van der Waals surface area contributed by atoms with Gasteiger partial charge in [-0.3, -0.25) is 9.59 Å². The predicted octanol–water partition coefficient (Wildman–Crippen LogP) is 4.29. The molecule has 3 aromatic rings. The minimum absolute atomic E-state index is 0.115. The second-order valence-electron chi connectivity index (χ2n) is 6.34. The SMILES string of the molecule is COc1cccc(C(=O)NCCc2nnc(NC(=O)CCSc3ccc(Cl)cc3)s2)c1. The molecule has 1 heterocycles. The van der Waals surface area contributed by atoms with Gasteiger partial charge in [-0.25, -0.2) is 0 Å². The van der Waals surface area contributed by atoms with Crippen molar-refractivity contribution in [2.24, 2.45) is 0 Å². The lowest BCUT2D eigenvalue weighted by molar-refractivity contribution is -0.115. The molecule has 0 atom stereocenters. The fourth-order valence-corrected chi connectivity index (χ4v) is 4.26. The van der Waals surface area contributed by atoms with Gasteiger partial charge in [0.15, 0.2) is 0 Å². The monoisotopic (exact) mass is 476 g/mol.